The van der Waals surface area contributed by atoms with Crippen LogP contribution in [0.25, 0.3) is 0 Å². The Bertz CT molecular complexity index is 894. The summed E-state index contributed by atoms with van der Waals surface area (Å²) in [6, 6.07) is 13.1. The summed E-state index contributed by atoms with van der Waals surface area (Å²) < 4.78 is 23.1. The standard InChI is InChI=1S/C19H24N4O2S/c1-26(24,25)18-5-2-14(3-6-18)12-23-9-8-17(13-23)22-16-4-7-19(21)15(10-16)11-20/h2-7,10-11,17,20,22H,8-9,12-13,21H2,1H3/t17-/m1/s1. The maximum absolute atomic E-state index is 11.5. The molecule has 7 heteroatoms. The van der Waals surface area contributed by atoms with Crippen molar-refractivity contribution in [3.05, 3.63) is 53.6 Å². The van der Waals surface area contributed by atoms with Crippen LogP contribution >= 0.6 is 0 Å². The van der Waals surface area contributed by atoms with E-state index >= 15 is 0 Å². The first-order valence-electron chi connectivity index (χ1n) is 8.53. The van der Waals surface area contributed by atoms with Crippen molar-refractivity contribution in [3.63, 3.8) is 0 Å². The second-order valence-electron chi connectivity index (χ2n) is 6.77. The van der Waals surface area contributed by atoms with Gasteiger partial charge in [-0.2, -0.15) is 0 Å². The number of anilines is 2. The minimum Gasteiger partial charge on any atom is -0.398 e. The molecule has 3 rings (SSSR count). The topological polar surface area (TPSA) is 99.3 Å². The Labute approximate surface area is 154 Å². The fourth-order valence-electron chi connectivity index (χ4n) is 3.22. The third-order valence-electron chi connectivity index (χ3n) is 4.64. The first-order valence-corrected chi connectivity index (χ1v) is 10.4. The Morgan fingerprint density at radius 3 is 2.65 bits per heavy atom. The summed E-state index contributed by atoms with van der Waals surface area (Å²) in [7, 11) is -3.15. The van der Waals surface area contributed by atoms with Crippen LogP contribution in [0.5, 0.6) is 0 Å². The van der Waals surface area contributed by atoms with Gasteiger partial charge < -0.3 is 16.5 Å². The number of rotatable bonds is 6. The molecule has 1 saturated heterocycles. The second kappa shape index (κ2) is 7.47. The van der Waals surface area contributed by atoms with E-state index in [4.69, 9.17) is 11.1 Å². The monoisotopic (exact) mass is 372 g/mol. The molecule has 1 aliphatic heterocycles. The highest BCUT2D eigenvalue weighted by molar-refractivity contribution is 7.90. The molecule has 1 aliphatic rings. The minimum absolute atomic E-state index is 0.340. The molecule has 2 aromatic rings. The highest BCUT2D eigenvalue weighted by Gasteiger charge is 2.22. The lowest BCUT2D eigenvalue weighted by Gasteiger charge is -2.18. The van der Waals surface area contributed by atoms with Gasteiger partial charge in [0.1, 0.15) is 0 Å². The molecule has 1 atom stereocenters. The van der Waals surface area contributed by atoms with Gasteiger partial charge in [-0.15, -0.1) is 0 Å². The van der Waals surface area contributed by atoms with E-state index < -0.39 is 9.84 Å². The number of nitrogens with zero attached hydrogens (tertiary/aromatic N) is 1. The molecule has 4 N–H and O–H groups in total. The molecule has 0 radical (unpaired) electrons. The normalized spacial score (nSPS) is 18.0. The Balaban J connectivity index is 1.58. The molecular formula is C19H24N4O2S. The summed E-state index contributed by atoms with van der Waals surface area (Å²) in [5.41, 5.74) is 9.24. The van der Waals surface area contributed by atoms with Crippen molar-refractivity contribution < 1.29 is 8.42 Å². The van der Waals surface area contributed by atoms with Crippen LogP contribution < -0.4 is 11.1 Å². The maximum Gasteiger partial charge on any atom is 0.175 e. The number of likely N-dealkylation sites (tertiary alicyclic amines) is 1. The summed E-state index contributed by atoms with van der Waals surface area (Å²) in [5, 5.41) is 10.9. The zero-order valence-electron chi connectivity index (χ0n) is 14.8. The molecule has 1 fully saturated rings. The summed E-state index contributed by atoms with van der Waals surface area (Å²) in [6.07, 6.45) is 3.52. The van der Waals surface area contributed by atoms with E-state index in [0.29, 0.717) is 16.6 Å². The van der Waals surface area contributed by atoms with E-state index in [1.165, 1.54) is 12.5 Å². The van der Waals surface area contributed by atoms with Crippen molar-refractivity contribution >= 4 is 27.4 Å². The number of nitrogens with two attached hydrogens (primary N) is 1. The van der Waals surface area contributed by atoms with Crippen LogP contribution in [0.15, 0.2) is 47.4 Å². The lowest BCUT2D eigenvalue weighted by Crippen LogP contribution is -2.26. The molecule has 0 amide bonds. The van der Waals surface area contributed by atoms with Gasteiger partial charge in [-0.3, -0.25) is 4.90 Å². The fourth-order valence-corrected chi connectivity index (χ4v) is 3.85. The van der Waals surface area contributed by atoms with E-state index in [1.54, 1.807) is 12.1 Å². The Morgan fingerprint density at radius 2 is 2.00 bits per heavy atom. The molecule has 0 saturated carbocycles. The van der Waals surface area contributed by atoms with Gasteiger partial charge >= 0.3 is 0 Å². The molecule has 0 aromatic heterocycles. The van der Waals surface area contributed by atoms with Gasteiger partial charge in [0.15, 0.2) is 9.84 Å². The average Bonchev–Trinajstić information content (AvgIpc) is 3.03. The van der Waals surface area contributed by atoms with Gasteiger partial charge in [-0.25, -0.2) is 8.42 Å². The lowest BCUT2D eigenvalue weighted by molar-refractivity contribution is 0.328. The Morgan fingerprint density at radius 1 is 1.27 bits per heavy atom. The number of hydrogen-bond donors (Lipinski definition) is 3. The molecule has 0 bridgehead atoms. The van der Waals surface area contributed by atoms with Crippen molar-refractivity contribution in [2.75, 3.05) is 30.4 Å². The molecule has 1 heterocycles. The summed E-state index contributed by atoms with van der Waals surface area (Å²) >= 11 is 0. The van der Waals surface area contributed by atoms with E-state index in [1.807, 2.05) is 30.3 Å². The van der Waals surface area contributed by atoms with Gasteiger partial charge in [-0.05, 0) is 42.3 Å². The third kappa shape index (κ3) is 4.42. The maximum atomic E-state index is 11.5. The second-order valence-corrected chi connectivity index (χ2v) is 8.78. The summed E-state index contributed by atoms with van der Waals surface area (Å²) in [4.78, 5) is 2.70. The van der Waals surface area contributed by atoms with E-state index in [2.05, 4.69) is 10.2 Å². The summed E-state index contributed by atoms with van der Waals surface area (Å²) in [6.45, 7) is 2.70. The number of hydrogen-bond acceptors (Lipinski definition) is 6. The van der Waals surface area contributed by atoms with Crippen LogP contribution in [0.4, 0.5) is 11.4 Å². The van der Waals surface area contributed by atoms with Gasteiger partial charge in [0, 0.05) is 55.1 Å². The van der Waals surface area contributed by atoms with Crippen LogP contribution in [0, 0.1) is 5.41 Å². The van der Waals surface area contributed by atoms with Crippen molar-refractivity contribution in [1.82, 2.24) is 4.90 Å². The van der Waals surface area contributed by atoms with Gasteiger partial charge in [0.2, 0.25) is 0 Å². The zero-order chi connectivity index (χ0) is 18.7. The molecule has 2 aromatic carbocycles. The average molecular weight is 372 g/mol. The SMILES string of the molecule is CS(=O)(=O)c1ccc(CN2CC[C@@H](Nc3ccc(N)c(C=N)c3)C2)cc1. The Kier molecular flexibility index (Phi) is 5.29. The molecular weight excluding hydrogens is 348 g/mol. The first kappa shape index (κ1) is 18.4. The lowest BCUT2D eigenvalue weighted by atomic mass is 10.1. The van der Waals surface area contributed by atoms with E-state index in [-0.39, 0.29) is 0 Å². The van der Waals surface area contributed by atoms with Gasteiger partial charge in [-0.1, -0.05) is 12.1 Å². The highest BCUT2D eigenvalue weighted by atomic mass is 32.2. The van der Waals surface area contributed by atoms with E-state index in [0.717, 1.165) is 42.9 Å². The largest absolute Gasteiger partial charge is 0.398 e. The number of nitrogens with one attached hydrogen (secondary N) is 2. The molecule has 6 nitrogen and oxygen atoms in total. The molecule has 26 heavy (non-hydrogen) atoms. The summed E-state index contributed by atoms with van der Waals surface area (Å²) in [5.74, 6) is 0. The van der Waals surface area contributed by atoms with Crippen LogP contribution in [0.3, 0.4) is 0 Å². The molecule has 0 aliphatic carbocycles. The molecule has 0 unspecified atom stereocenters. The van der Waals surface area contributed by atoms with Crippen LogP contribution in [0.2, 0.25) is 0 Å². The first-order chi connectivity index (χ1) is 12.3. The van der Waals surface area contributed by atoms with Crippen molar-refractivity contribution in [2.24, 2.45) is 0 Å². The smallest absolute Gasteiger partial charge is 0.175 e. The predicted octanol–water partition coefficient (Wildman–Crippen LogP) is 2.36. The van der Waals surface area contributed by atoms with Crippen LogP contribution in [0.1, 0.15) is 17.5 Å². The zero-order valence-corrected chi connectivity index (χ0v) is 15.6. The molecule has 138 valence electrons. The quantitative estimate of drug-likeness (QED) is 0.534. The van der Waals surface area contributed by atoms with Crippen molar-refractivity contribution in [2.45, 2.75) is 23.9 Å². The van der Waals surface area contributed by atoms with Crippen molar-refractivity contribution in [1.29, 1.82) is 5.41 Å². The fraction of sp³-hybridized carbons (Fsp3) is 0.316. The third-order valence-corrected chi connectivity index (χ3v) is 5.77. The van der Waals surface area contributed by atoms with E-state index in [9.17, 15) is 8.42 Å². The number of benzene rings is 2. The van der Waals surface area contributed by atoms with Gasteiger partial charge in [0.05, 0.1) is 4.90 Å². The number of sulfone groups is 1. The van der Waals surface area contributed by atoms with Crippen LogP contribution in [-0.2, 0) is 16.4 Å². The minimum atomic E-state index is -3.15. The Hall–Kier alpha value is -2.38. The number of nitrogen functional groups attached to an aromatic ring is 1. The predicted molar refractivity (Wildman–Crippen MR) is 106 cm³/mol. The molecule has 0 spiro atoms. The highest BCUT2D eigenvalue weighted by Crippen LogP contribution is 2.21. The van der Waals surface area contributed by atoms with Crippen LogP contribution in [-0.4, -0.2) is 44.9 Å². The van der Waals surface area contributed by atoms with Gasteiger partial charge in [0.25, 0.3) is 0 Å². The van der Waals surface area contributed by atoms with Crippen molar-refractivity contribution in [3.8, 4) is 0 Å².